The van der Waals surface area contributed by atoms with Gasteiger partial charge in [-0.3, -0.25) is 9.78 Å². The second-order valence-electron chi connectivity index (χ2n) is 5.82. The van der Waals surface area contributed by atoms with E-state index in [0.717, 1.165) is 23.0 Å². The lowest BCUT2D eigenvalue weighted by molar-refractivity contribution is 0.0890. The SMILES string of the molecule is CCc1ccc2nc(C)cc(C(=O)N[C@@H]3CNC[C@H]3O)c2c1. The third kappa shape index (κ3) is 2.82. The number of aromatic nitrogens is 1. The van der Waals surface area contributed by atoms with Crippen molar-refractivity contribution in [1.82, 2.24) is 15.6 Å². The van der Waals surface area contributed by atoms with E-state index in [-0.39, 0.29) is 11.9 Å². The van der Waals surface area contributed by atoms with Crippen molar-refractivity contribution < 1.29 is 9.90 Å². The average Bonchev–Trinajstić information content (AvgIpc) is 2.91. The van der Waals surface area contributed by atoms with Crippen LogP contribution in [-0.2, 0) is 6.42 Å². The molecule has 2 aromatic rings. The highest BCUT2D eigenvalue weighted by Gasteiger charge is 2.27. The number of hydrogen-bond donors (Lipinski definition) is 3. The Hall–Kier alpha value is -1.98. The predicted octanol–water partition coefficient (Wildman–Crippen LogP) is 1.17. The molecule has 2 atom stereocenters. The Morgan fingerprint density at radius 1 is 1.41 bits per heavy atom. The highest BCUT2D eigenvalue weighted by atomic mass is 16.3. The van der Waals surface area contributed by atoms with Crippen molar-refractivity contribution in [2.45, 2.75) is 32.4 Å². The van der Waals surface area contributed by atoms with Crippen LogP contribution in [-0.4, -0.2) is 41.2 Å². The Morgan fingerprint density at radius 2 is 2.23 bits per heavy atom. The molecule has 0 spiro atoms. The highest BCUT2D eigenvalue weighted by molar-refractivity contribution is 6.06. The summed E-state index contributed by atoms with van der Waals surface area (Å²) in [5.74, 6) is -0.156. The Labute approximate surface area is 129 Å². The van der Waals surface area contributed by atoms with Crippen LogP contribution >= 0.6 is 0 Å². The number of aryl methyl sites for hydroxylation is 2. The van der Waals surface area contributed by atoms with Crippen LogP contribution in [0.3, 0.4) is 0 Å². The molecular formula is C17H21N3O2. The summed E-state index contributed by atoms with van der Waals surface area (Å²) in [5, 5.41) is 16.7. The van der Waals surface area contributed by atoms with Gasteiger partial charge in [-0.2, -0.15) is 0 Å². The van der Waals surface area contributed by atoms with Crippen molar-refractivity contribution in [3.8, 4) is 0 Å². The quantitative estimate of drug-likeness (QED) is 0.795. The van der Waals surface area contributed by atoms with Gasteiger partial charge in [0, 0.05) is 24.2 Å². The monoisotopic (exact) mass is 299 g/mol. The zero-order valence-corrected chi connectivity index (χ0v) is 12.9. The van der Waals surface area contributed by atoms with Crippen molar-refractivity contribution in [1.29, 1.82) is 0 Å². The van der Waals surface area contributed by atoms with E-state index < -0.39 is 6.10 Å². The van der Waals surface area contributed by atoms with E-state index in [0.29, 0.717) is 18.7 Å². The average molecular weight is 299 g/mol. The van der Waals surface area contributed by atoms with Crippen LogP contribution in [0.2, 0.25) is 0 Å². The summed E-state index contributed by atoms with van der Waals surface area (Å²) in [7, 11) is 0. The van der Waals surface area contributed by atoms with Crippen LogP contribution in [0.4, 0.5) is 0 Å². The molecule has 3 N–H and O–H groups in total. The molecule has 22 heavy (non-hydrogen) atoms. The number of hydrogen-bond acceptors (Lipinski definition) is 4. The fourth-order valence-corrected chi connectivity index (χ4v) is 2.87. The zero-order valence-electron chi connectivity index (χ0n) is 12.9. The van der Waals surface area contributed by atoms with Crippen molar-refractivity contribution in [3.63, 3.8) is 0 Å². The molecule has 1 saturated heterocycles. The number of aliphatic hydroxyl groups excluding tert-OH is 1. The number of carbonyl (C=O) groups excluding carboxylic acids is 1. The number of nitrogens with one attached hydrogen (secondary N) is 2. The smallest absolute Gasteiger partial charge is 0.252 e. The number of carbonyl (C=O) groups is 1. The lowest BCUT2D eigenvalue weighted by Gasteiger charge is -2.16. The molecule has 0 unspecified atom stereocenters. The first kappa shape index (κ1) is 14.9. The van der Waals surface area contributed by atoms with Crippen molar-refractivity contribution in [2.75, 3.05) is 13.1 Å². The van der Waals surface area contributed by atoms with E-state index >= 15 is 0 Å². The van der Waals surface area contributed by atoms with Crippen LogP contribution in [0.1, 0.15) is 28.5 Å². The van der Waals surface area contributed by atoms with Gasteiger partial charge in [0.25, 0.3) is 5.91 Å². The molecule has 1 aromatic heterocycles. The van der Waals surface area contributed by atoms with Crippen molar-refractivity contribution >= 4 is 16.8 Å². The van der Waals surface area contributed by atoms with Gasteiger partial charge in [-0.1, -0.05) is 13.0 Å². The Kier molecular flexibility index (Phi) is 4.09. The summed E-state index contributed by atoms with van der Waals surface area (Å²) in [6.45, 7) is 5.08. The maximum absolute atomic E-state index is 12.6. The van der Waals surface area contributed by atoms with E-state index in [2.05, 4.69) is 22.5 Å². The number of amides is 1. The van der Waals surface area contributed by atoms with Gasteiger partial charge in [0.1, 0.15) is 0 Å². The molecule has 5 heteroatoms. The van der Waals surface area contributed by atoms with Gasteiger partial charge in [-0.25, -0.2) is 0 Å². The number of aliphatic hydroxyl groups is 1. The van der Waals surface area contributed by atoms with Gasteiger partial charge in [0.05, 0.1) is 23.2 Å². The van der Waals surface area contributed by atoms with Crippen LogP contribution in [0, 0.1) is 6.92 Å². The summed E-state index contributed by atoms with van der Waals surface area (Å²) < 4.78 is 0. The van der Waals surface area contributed by atoms with Gasteiger partial charge in [0.15, 0.2) is 0 Å². The van der Waals surface area contributed by atoms with Gasteiger partial charge in [0.2, 0.25) is 0 Å². The van der Waals surface area contributed by atoms with Crippen LogP contribution in [0.15, 0.2) is 24.3 Å². The maximum atomic E-state index is 12.6. The molecule has 1 amide bonds. The standard InChI is InChI=1S/C17H21N3O2/c1-3-11-4-5-14-12(7-11)13(6-10(2)19-14)17(22)20-15-8-18-9-16(15)21/h4-7,15-16,18,21H,3,8-9H2,1-2H3,(H,20,22)/t15-,16-/m1/s1. The van der Waals surface area contributed by atoms with E-state index in [1.807, 2.05) is 31.2 Å². The largest absolute Gasteiger partial charge is 0.390 e. The third-order valence-corrected chi connectivity index (χ3v) is 4.15. The first-order valence-electron chi connectivity index (χ1n) is 7.68. The first-order chi connectivity index (χ1) is 10.6. The van der Waals surface area contributed by atoms with E-state index in [1.165, 1.54) is 5.56 Å². The minimum Gasteiger partial charge on any atom is -0.390 e. The number of fused-ring (bicyclic) bond motifs is 1. The number of β-amino-alcohol motifs (C(OH)–C–C–N with tert-alkyl or cyclic N) is 1. The predicted molar refractivity (Wildman–Crippen MR) is 86.0 cm³/mol. The second-order valence-corrected chi connectivity index (χ2v) is 5.82. The molecular weight excluding hydrogens is 278 g/mol. The molecule has 0 aliphatic carbocycles. The van der Waals surface area contributed by atoms with E-state index in [4.69, 9.17) is 0 Å². The molecule has 1 aromatic carbocycles. The highest BCUT2D eigenvalue weighted by Crippen LogP contribution is 2.21. The molecule has 1 fully saturated rings. The molecule has 5 nitrogen and oxygen atoms in total. The van der Waals surface area contributed by atoms with E-state index in [9.17, 15) is 9.90 Å². The maximum Gasteiger partial charge on any atom is 0.252 e. The van der Waals surface area contributed by atoms with Crippen molar-refractivity contribution in [2.24, 2.45) is 0 Å². The molecule has 1 aliphatic heterocycles. The summed E-state index contributed by atoms with van der Waals surface area (Å²) >= 11 is 0. The van der Waals surface area contributed by atoms with Gasteiger partial charge < -0.3 is 15.7 Å². The Bertz CT molecular complexity index is 714. The van der Waals surface area contributed by atoms with Crippen LogP contribution in [0.5, 0.6) is 0 Å². The lowest BCUT2D eigenvalue weighted by Crippen LogP contribution is -2.42. The molecule has 3 rings (SSSR count). The molecule has 0 saturated carbocycles. The van der Waals surface area contributed by atoms with Crippen LogP contribution in [0.25, 0.3) is 10.9 Å². The topological polar surface area (TPSA) is 74.2 Å². The van der Waals surface area contributed by atoms with Crippen LogP contribution < -0.4 is 10.6 Å². The Morgan fingerprint density at radius 3 is 2.91 bits per heavy atom. The van der Waals surface area contributed by atoms with Gasteiger partial charge in [-0.05, 0) is 37.1 Å². The number of rotatable bonds is 3. The van der Waals surface area contributed by atoms with E-state index in [1.54, 1.807) is 0 Å². The number of pyridine rings is 1. The molecule has 116 valence electrons. The van der Waals surface area contributed by atoms with Gasteiger partial charge >= 0.3 is 0 Å². The molecule has 1 aliphatic rings. The Balaban J connectivity index is 1.99. The number of nitrogens with zero attached hydrogens (tertiary/aromatic N) is 1. The first-order valence-corrected chi connectivity index (χ1v) is 7.68. The fraction of sp³-hybridized carbons (Fsp3) is 0.412. The molecule has 0 bridgehead atoms. The minimum absolute atomic E-state index is 0.156. The van der Waals surface area contributed by atoms with Crippen molar-refractivity contribution in [3.05, 3.63) is 41.1 Å². The second kappa shape index (κ2) is 6.02. The fourth-order valence-electron chi connectivity index (χ4n) is 2.87. The molecule has 0 radical (unpaired) electrons. The summed E-state index contributed by atoms with van der Waals surface area (Å²) in [6, 6.07) is 7.60. The minimum atomic E-state index is -0.538. The van der Waals surface area contributed by atoms with Gasteiger partial charge in [-0.15, -0.1) is 0 Å². The summed E-state index contributed by atoms with van der Waals surface area (Å²) in [4.78, 5) is 17.1. The normalized spacial score (nSPS) is 21.2. The summed E-state index contributed by atoms with van der Waals surface area (Å²) in [6.07, 6.45) is 0.375. The molecule has 2 heterocycles. The summed E-state index contributed by atoms with van der Waals surface area (Å²) in [5.41, 5.74) is 3.44. The number of benzene rings is 1. The zero-order chi connectivity index (χ0) is 15.7. The lowest BCUT2D eigenvalue weighted by atomic mass is 10.0. The third-order valence-electron chi connectivity index (χ3n) is 4.15.